The lowest BCUT2D eigenvalue weighted by molar-refractivity contribution is -0.0140. The third kappa shape index (κ3) is 4.92. The lowest BCUT2D eigenvalue weighted by Gasteiger charge is -2.42. The monoisotopic (exact) mass is 413 g/mol. The number of piperidine rings is 1. The molecule has 0 spiro atoms. The minimum absolute atomic E-state index is 0.221. The molecule has 0 unspecified atom stereocenters. The highest BCUT2D eigenvalue weighted by Gasteiger charge is 2.41. The number of benzene rings is 3. The molecule has 1 N–H and O–H groups in total. The summed E-state index contributed by atoms with van der Waals surface area (Å²) in [6.07, 6.45) is 3.10. The van der Waals surface area contributed by atoms with Crippen molar-refractivity contribution in [2.24, 2.45) is 5.92 Å². The Hall–Kier alpha value is -2.42. The van der Waals surface area contributed by atoms with Gasteiger partial charge in [-0.05, 0) is 66.4 Å². The Morgan fingerprint density at radius 2 is 1.32 bits per heavy atom. The van der Waals surface area contributed by atoms with Gasteiger partial charge in [0.15, 0.2) is 0 Å². The van der Waals surface area contributed by atoms with E-state index < -0.39 is 5.60 Å². The van der Waals surface area contributed by atoms with Gasteiger partial charge in [0.2, 0.25) is 0 Å². The van der Waals surface area contributed by atoms with Crippen molar-refractivity contribution in [2.45, 2.75) is 44.6 Å². The normalized spacial score (nSPS) is 16.0. The van der Waals surface area contributed by atoms with Crippen LogP contribution in [0.4, 0.5) is 0 Å². The van der Waals surface area contributed by atoms with Gasteiger partial charge in [-0.3, -0.25) is 0 Å². The third-order valence-electron chi connectivity index (χ3n) is 6.97. The fraction of sp³-hybridized carbons (Fsp3) is 0.379. The molecule has 2 nitrogen and oxygen atoms in total. The van der Waals surface area contributed by atoms with Crippen molar-refractivity contribution >= 4 is 0 Å². The molecule has 1 heterocycles. The quantitative estimate of drug-likeness (QED) is 0.513. The molecule has 4 rings (SSSR count). The molecule has 1 fully saturated rings. The lowest BCUT2D eigenvalue weighted by Crippen LogP contribution is -2.44. The zero-order valence-corrected chi connectivity index (χ0v) is 18.9. The van der Waals surface area contributed by atoms with Crippen LogP contribution >= 0.6 is 0 Å². The lowest BCUT2D eigenvalue weighted by atomic mass is 9.72. The molecular weight excluding hydrogens is 378 g/mol. The van der Waals surface area contributed by atoms with Crippen molar-refractivity contribution in [2.75, 3.05) is 19.6 Å². The van der Waals surface area contributed by atoms with Crippen LogP contribution in [0.3, 0.4) is 0 Å². The third-order valence-corrected chi connectivity index (χ3v) is 6.97. The van der Waals surface area contributed by atoms with E-state index in [-0.39, 0.29) is 5.92 Å². The summed E-state index contributed by atoms with van der Waals surface area (Å²) in [6.45, 7) is 7.65. The first-order valence-corrected chi connectivity index (χ1v) is 11.7. The SMILES string of the molecule is CC(C)c1ccc(CCN2CCC(C(O)(c3ccccc3)c3ccccc3)CC2)cc1. The molecule has 3 aromatic rings. The standard InChI is InChI=1S/C29H35NO/c1-23(2)25-15-13-24(14-16-25)17-20-30-21-18-28(19-22-30)29(31,26-9-5-3-6-10-26)27-11-7-4-8-12-27/h3-16,23,28,31H,17-22H2,1-2H3. The minimum Gasteiger partial charge on any atom is -0.380 e. The van der Waals surface area contributed by atoms with E-state index in [1.807, 2.05) is 36.4 Å². The van der Waals surface area contributed by atoms with Crippen LogP contribution in [-0.4, -0.2) is 29.6 Å². The van der Waals surface area contributed by atoms with Gasteiger partial charge >= 0.3 is 0 Å². The number of likely N-dealkylation sites (tertiary alicyclic amines) is 1. The van der Waals surface area contributed by atoms with E-state index in [1.54, 1.807) is 0 Å². The van der Waals surface area contributed by atoms with Gasteiger partial charge in [0.25, 0.3) is 0 Å². The molecule has 0 bridgehead atoms. The van der Waals surface area contributed by atoms with Crippen molar-refractivity contribution in [3.05, 3.63) is 107 Å². The first kappa shape index (κ1) is 21.8. The average Bonchev–Trinajstić information content (AvgIpc) is 2.84. The maximum absolute atomic E-state index is 12.0. The van der Waals surface area contributed by atoms with Gasteiger partial charge in [-0.1, -0.05) is 98.8 Å². The maximum atomic E-state index is 12.0. The van der Waals surface area contributed by atoms with E-state index in [9.17, 15) is 5.11 Å². The molecule has 31 heavy (non-hydrogen) atoms. The minimum atomic E-state index is -0.929. The van der Waals surface area contributed by atoms with Crippen LogP contribution in [0.1, 0.15) is 54.9 Å². The molecule has 0 amide bonds. The van der Waals surface area contributed by atoms with Gasteiger partial charge in [-0.15, -0.1) is 0 Å². The fourth-order valence-electron chi connectivity index (χ4n) is 4.95. The van der Waals surface area contributed by atoms with E-state index in [0.29, 0.717) is 5.92 Å². The summed E-state index contributed by atoms with van der Waals surface area (Å²) < 4.78 is 0. The van der Waals surface area contributed by atoms with Crippen molar-refractivity contribution in [3.8, 4) is 0 Å². The van der Waals surface area contributed by atoms with Crippen molar-refractivity contribution in [3.63, 3.8) is 0 Å². The Bertz CT molecular complexity index is 886. The smallest absolute Gasteiger partial charge is 0.117 e. The fourth-order valence-corrected chi connectivity index (χ4v) is 4.95. The van der Waals surface area contributed by atoms with Gasteiger partial charge in [-0.25, -0.2) is 0 Å². The molecule has 1 saturated heterocycles. The topological polar surface area (TPSA) is 23.5 Å². The molecule has 0 aliphatic carbocycles. The summed E-state index contributed by atoms with van der Waals surface area (Å²) in [5.74, 6) is 0.805. The maximum Gasteiger partial charge on any atom is 0.117 e. The van der Waals surface area contributed by atoms with E-state index >= 15 is 0 Å². The Balaban J connectivity index is 1.41. The molecule has 0 radical (unpaired) electrons. The average molecular weight is 414 g/mol. The predicted molar refractivity (Wildman–Crippen MR) is 129 cm³/mol. The second-order valence-corrected chi connectivity index (χ2v) is 9.26. The van der Waals surface area contributed by atoms with Gasteiger partial charge in [0, 0.05) is 6.54 Å². The molecule has 1 aliphatic rings. The number of hydrogen-bond donors (Lipinski definition) is 1. The summed E-state index contributed by atoms with van der Waals surface area (Å²) in [5.41, 5.74) is 3.90. The molecule has 162 valence electrons. The van der Waals surface area contributed by atoms with Crippen LogP contribution in [0.25, 0.3) is 0 Å². The van der Waals surface area contributed by atoms with Crippen LogP contribution in [0.2, 0.25) is 0 Å². The zero-order valence-electron chi connectivity index (χ0n) is 18.9. The van der Waals surface area contributed by atoms with Crippen LogP contribution in [0.5, 0.6) is 0 Å². The van der Waals surface area contributed by atoms with Gasteiger partial charge in [-0.2, -0.15) is 0 Å². The Labute approximate surface area is 187 Å². The zero-order chi connectivity index (χ0) is 21.7. The highest BCUT2D eigenvalue weighted by Crippen LogP contribution is 2.41. The summed E-state index contributed by atoms with van der Waals surface area (Å²) in [4.78, 5) is 2.56. The molecule has 0 saturated carbocycles. The summed E-state index contributed by atoms with van der Waals surface area (Å²) in [6, 6.07) is 29.5. The number of hydrogen-bond acceptors (Lipinski definition) is 2. The highest BCUT2D eigenvalue weighted by atomic mass is 16.3. The van der Waals surface area contributed by atoms with Crippen molar-refractivity contribution < 1.29 is 5.11 Å². The Morgan fingerprint density at radius 3 is 1.81 bits per heavy atom. The van der Waals surface area contributed by atoms with Gasteiger partial charge in [0.1, 0.15) is 5.60 Å². The van der Waals surface area contributed by atoms with E-state index in [1.165, 1.54) is 11.1 Å². The molecule has 3 aromatic carbocycles. The number of nitrogens with zero attached hydrogens (tertiary/aromatic N) is 1. The van der Waals surface area contributed by atoms with Crippen LogP contribution in [-0.2, 0) is 12.0 Å². The number of rotatable bonds is 7. The van der Waals surface area contributed by atoms with E-state index in [2.05, 4.69) is 67.3 Å². The summed E-state index contributed by atoms with van der Waals surface area (Å²) in [7, 11) is 0. The predicted octanol–water partition coefficient (Wildman–Crippen LogP) is 6.00. The summed E-state index contributed by atoms with van der Waals surface area (Å²) in [5, 5.41) is 12.0. The molecule has 0 atom stereocenters. The molecule has 1 aliphatic heterocycles. The Morgan fingerprint density at radius 1 is 0.806 bits per heavy atom. The largest absolute Gasteiger partial charge is 0.380 e. The van der Waals surface area contributed by atoms with E-state index in [0.717, 1.165) is 50.0 Å². The van der Waals surface area contributed by atoms with E-state index in [4.69, 9.17) is 0 Å². The number of aliphatic hydroxyl groups is 1. The second kappa shape index (κ2) is 9.80. The molecular formula is C29H35NO. The van der Waals surface area contributed by atoms with Crippen LogP contribution in [0, 0.1) is 5.92 Å². The molecule has 0 aromatic heterocycles. The van der Waals surface area contributed by atoms with Gasteiger partial charge < -0.3 is 10.0 Å². The van der Waals surface area contributed by atoms with Crippen molar-refractivity contribution in [1.82, 2.24) is 4.90 Å². The summed E-state index contributed by atoms with van der Waals surface area (Å²) >= 11 is 0. The Kier molecular flexibility index (Phi) is 6.89. The van der Waals surface area contributed by atoms with Crippen LogP contribution < -0.4 is 0 Å². The highest BCUT2D eigenvalue weighted by molar-refractivity contribution is 5.37. The first-order valence-electron chi connectivity index (χ1n) is 11.7. The molecule has 2 heteroatoms. The van der Waals surface area contributed by atoms with Crippen LogP contribution in [0.15, 0.2) is 84.9 Å². The van der Waals surface area contributed by atoms with Gasteiger partial charge in [0.05, 0.1) is 0 Å². The second-order valence-electron chi connectivity index (χ2n) is 9.26. The van der Waals surface area contributed by atoms with Crippen molar-refractivity contribution in [1.29, 1.82) is 0 Å². The first-order chi connectivity index (χ1) is 15.1.